The first-order valence-corrected chi connectivity index (χ1v) is 12.5. The molecule has 3 rings (SSSR count). The molecule has 1 amide bonds. The minimum Gasteiger partial charge on any atom is -0.488 e. The molecule has 0 fully saturated rings. The van der Waals surface area contributed by atoms with Crippen LogP contribution in [0.1, 0.15) is 24.2 Å². The van der Waals surface area contributed by atoms with Crippen LogP contribution < -0.4 is 14.8 Å². The van der Waals surface area contributed by atoms with Crippen molar-refractivity contribution in [1.82, 2.24) is 4.98 Å². The number of carbonyl (C=O) groups is 2. The van der Waals surface area contributed by atoms with Crippen LogP contribution in [0, 0.1) is 5.82 Å². The molecule has 35 heavy (non-hydrogen) atoms. The van der Waals surface area contributed by atoms with E-state index in [0.717, 1.165) is 4.21 Å². The standard InChI is InChI=1S/C24H25FN2O6S2/c1-4-31-21(28)14-34-22-12-26-24(35-22)27-23(29)16-9-19(32-15(2)13-30-3)11-20(10-16)33-18-7-5-17(25)6-8-18/h5-12,15H,4,13-14H2,1-3H3,(H,26,27,29)/t15-/m0/s1. The second-order valence-electron chi connectivity index (χ2n) is 7.17. The number of methoxy groups -OCH3 is 1. The van der Waals surface area contributed by atoms with Crippen LogP contribution in [-0.2, 0) is 14.3 Å². The zero-order valence-corrected chi connectivity index (χ0v) is 21.0. The van der Waals surface area contributed by atoms with Gasteiger partial charge in [0.05, 0.1) is 29.4 Å². The Morgan fingerprint density at radius 2 is 1.89 bits per heavy atom. The van der Waals surface area contributed by atoms with Gasteiger partial charge in [-0.15, -0.1) is 11.8 Å². The number of esters is 1. The highest BCUT2D eigenvalue weighted by molar-refractivity contribution is 8.01. The van der Waals surface area contributed by atoms with Crippen molar-refractivity contribution in [2.75, 3.05) is 31.4 Å². The van der Waals surface area contributed by atoms with E-state index in [1.807, 2.05) is 6.92 Å². The smallest absolute Gasteiger partial charge is 0.316 e. The molecule has 0 unspecified atom stereocenters. The molecule has 1 heterocycles. The van der Waals surface area contributed by atoms with Crippen LogP contribution in [0.2, 0.25) is 0 Å². The molecule has 186 valence electrons. The molecule has 0 bridgehead atoms. The van der Waals surface area contributed by atoms with E-state index in [-0.39, 0.29) is 29.2 Å². The van der Waals surface area contributed by atoms with E-state index < -0.39 is 5.91 Å². The van der Waals surface area contributed by atoms with Crippen molar-refractivity contribution in [2.24, 2.45) is 0 Å². The molecule has 0 saturated heterocycles. The third kappa shape index (κ3) is 8.53. The molecular formula is C24H25FN2O6S2. The van der Waals surface area contributed by atoms with Crippen molar-refractivity contribution >= 4 is 40.1 Å². The van der Waals surface area contributed by atoms with E-state index in [0.29, 0.717) is 35.6 Å². The Bertz CT molecular complexity index is 1140. The molecule has 11 heteroatoms. The molecular weight excluding hydrogens is 495 g/mol. The maximum atomic E-state index is 13.2. The Morgan fingerprint density at radius 3 is 2.60 bits per heavy atom. The number of nitrogens with zero attached hydrogens (tertiary/aromatic N) is 1. The third-order valence-corrected chi connectivity index (χ3v) is 6.35. The van der Waals surface area contributed by atoms with Crippen molar-refractivity contribution in [2.45, 2.75) is 24.2 Å². The van der Waals surface area contributed by atoms with Crippen LogP contribution in [-0.4, -0.2) is 49.0 Å². The van der Waals surface area contributed by atoms with Gasteiger partial charge in [-0.25, -0.2) is 9.37 Å². The van der Waals surface area contributed by atoms with E-state index >= 15 is 0 Å². The normalized spacial score (nSPS) is 11.5. The molecule has 3 aromatic rings. The Hall–Kier alpha value is -3.15. The summed E-state index contributed by atoms with van der Waals surface area (Å²) in [6.45, 7) is 4.26. The first-order chi connectivity index (χ1) is 16.9. The number of thioether (sulfide) groups is 1. The average molecular weight is 521 g/mol. The number of amides is 1. The SMILES string of the molecule is CCOC(=O)CSc1cnc(NC(=O)c2cc(Oc3ccc(F)cc3)cc(O[C@@H](C)COC)c2)s1. The van der Waals surface area contributed by atoms with Gasteiger partial charge in [0.2, 0.25) is 0 Å². The average Bonchev–Trinajstić information content (AvgIpc) is 3.26. The number of ether oxygens (including phenoxy) is 4. The lowest BCUT2D eigenvalue weighted by Gasteiger charge is -2.16. The van der Waals surface area contributed by atoms with Gasteiger partial charge in [0.1, 0.15) is 29.2 Å². The molecule has 2 aromatic carbocycles. The lowest BCUT2D eigenvalue weighted by Crippen LogP contribution is -2.18. The van der Waals surface area contributed by atoms with Gasteiger partial charge >= 0.3 is 5.97 Å². The summed E-state index contributed by atoms with van der Waals surface area (Å²) in [6, 6.07) is 10.3. The van der Waals surface area contributed by atoms with Crippen molar-refractivity contribution in [1.29, 1.82) is 0 Å². The van der Waals surface area contributed by atoms with Crippen molar-refractivity contribution in [3.63, 3.8) is 0 Å². The summed E-state index contributed by atoms with van der Waals surface area (Å²) in [5, 5.41) is 3.13. The Kier molecular flexibility index (Phi) is 9.88. The van der Waals surface area contributed by atoms with Gasteiger partial charge in [-0.1, -0.05) is 11.3 Å². The Labute approximate surface area is 210 Å². The zero-order valence-electron chi connectivity index (χ0n) is 19.4. The van der Waals surface area contributed by atoms with Crippen LogP contribution in [0.4, 0.5) is 9.52 Å². The van der Waals surface area contributed by atoms with E-state index in [1.54, 1.807) is 38.4 Å². The lowest BCUT2D eigenvalue weighted by molar-refractivity contribution is -0.139. The van der Waals surface area contributed by atoms with Crippen LogP contribution in [0.15, 0.2) is 52.9 Å². The fourth-order valence-electron chi connectivity index (χ4n) is 2.86. The molecule has 0 aliphatic heterocycles. The van der Waals surface area contributed by atoms with Gasteiger partial charge < -0.3 is 18.9 Å². The summed E-state index contributed by atoms with van der Waals surface area (Å²) in [7, 11) is 1.57. The van der Waals surface area contributed by atoms with Gasteiger partial charge in [-0.05, 0) is 50.2 Å². The number of rotatable bonds is 12. The third-order valence-electron chi connectivity index (χ3n) is 4.27. The van der Waals surface area contributed by atoms with Gasteiger partial charge in [-0.3, -0.25) is 14.9 Å². The number of aromatic nitrogens is 1. The minimum atomic E-state index is -0.421. The van der Waals surface area contributed by atoms with Crippen molar-refractivity contribution in [3.8, 4) is 17.2 Å². The predicted octanol–water partition coefficient (Wildman–Crippen LogP) is 5.40. The van der Waals surface area contributed by atoms with E-state index in [9.17, 15) is 14.0 Å². The van der Waals surface area contributed by atoms with Crippen LogP contribution in [0.3, 0.4) is 0 Å². The monoisotopic (exact) mass is 520 g/mol. The Balaban J connectivity index is 1.75. The lowest BCUT2D eigenvalue weighted by atomic mass is 10.2. The summed E-state index contributed by atoms with van der Waals surface area (Å²) >= 11 is 2.53. The summed E-state index contributed by atoms with van der Waals surface area (Å²) in [4.78, 5) is 28.7. The highest BCUT2D eigenvalue weighted by atomic mass is 32.2. The highest BCUT2D eigenvalue weighted by Gasteiger charge is 2.15. The summed E-state index contributed by atoms with van der Waals surface area (Å²) in [5.41, 5.74) is 0.278. The molecule has 0 aliphatic carbocycles. The largest absolute Gasteiger partial charge is 0.488 e. The summed E-state index contributed by atoms with van der Waals surface area (Å²) in [5.74, 6) is 0.193. The molecule has 1 aromatic heterocycles. The molecule has 0 spiro atoms. The number of halogens is 1. The van der Waals surface area contributed by atoms with Gasteiger partial charge in [-0.2, -0.15) is 0 Å². The zero-order chi connectivity index (χ0) is 25.2. The Morgan fingerprint density at radius 1 is 1.14 bits per heavy atom. The van der Waals surface area contributed by atoms with Crippen molar-refractivity contribution < 1.29 is 32.9 Å². The number of thiazole rings is 1. The van der Waals surface area contributed by atoms with Crippen LogP contribution in [0.5, 0.6) is 17.2 Å². The van der Waals surface area contributed by atoms with Crippen molar-refractivity contribution in [3.05, 3.63) is 60.0 Å². The summed E-state index contributed by atoms with van der Waals surface area (Å²) in [6.07, 6.45) is 1.31. The fourth-order valence-corrected chi connectivity index (χ4v) is 4.52. The molecule has 8 nitrogen and oxygen atoms in total. The molecule has 1 N–H and O–H groups in total. The van der Waals surface area contributed by atoms with Gasteiger partial charge in [0, 0.05) is 18.7 Å². The van der Waals surface area contributed by atoms with E-state index in [2.05, 4.69) is 10.3 Å². The molecule has 1 atom stereocenters. The van der Waals surface area contributed by atoms with Crippen LogP contribution >= 0.6 is 23.1 Å². The van der Waals surface area contributed by atoms with E-state index in [4.69, 9.17) is 18.9 Å². The van der Waals surface area contributed by atoms with E-state index in [1.165, 1.54) is 47.4 Å². The summed E-state index contributed by atoms with van der Waals surface area (Å²) < 4.78 is 35.7. The second kappa shape index (κ2) is 13.1. The van der Waals surface area contributed by atoms with Gasteiger partial charge in [0.15, 0.2) is 5.13 Å². The van der Waals surface area contributed by atoms with Gasteiger partial charge in [0.25, 0.3) is 5.91 Å². The second-order valence-corrected chi connectivity index (χ2v) is 9.47. The van der Waals surface area contributed by atoms with Crippen LogP contribution in [0.25, 0.3) is 0 Å². The maximum absolute atomic E-state index is 13.2. The molecule has 0 radical (unpaired) electrons. The minimum absolute atomic E-state index is 0.159. The number of hydrogen-bond donors (Lipinski definition) is 1. The molecule has 0 aliphatic rings. The highest BCUT2D eigenvalue weighted by Crippen LogP contribution is 2.31. The fraction of sp³-hybridized carbons (Fsp3) is 0.292. The first-order valence-electron chi connectivity index (χ1n) is 10.7. The maximum Gasteiger partial charge on any atom is 0.316 e. The number of hydrogen-bond acceptors (Lipinski definition) is 9. The number of anilines is 1. The quantitative estimate of drug-likeness (QED) is 0.251. The number of carbonyl (C=O) groups excluding carboxylic acids is 2. The molecule has 0 saturated carbocycles. The predicted molar refractivity (Wildman–Crippen MR) is 132 cm³/mol. The number of benzene rings is 2. The topological polar surface area (TPSA) is 96.0 Å². The first kappa shape index (κ1) is 26.5. The number of nitrogens with one attached hydrogen (secondary N) is 1.